The molecule has 0 N–H and O–H groups in total. The van der Waals surface area contributed by atoms with Gasteiger partial charge < -0.3 is 9.80 Å². The molecule has 2 heterocycles. The topological polar surface area (TPSA) is 40.6 Å². The van der Waals surface area contributed by atoms with E-state index in [0.29, 0.717) is 12.0 Å². The van der Waals surface area contributed by atoms with Crippen LogP contribution in [0, 0.1) is 5.82 Å². The van der Waals surface area contributed by atoms with E-state index in [9.17, 15) is 12.8 Å². The molecule has 0 saturated carbocycles. The van der Waals surface area contributed by atoms with E-state index in [2.05, 4.69) is 23.9 Å². The van der Waals surface area contributed by atoms with Crippen LogP contribution in [0.25, 0.3) is 0 Å². The Morgan fingerprint density at radius 3 is 2.35 bits per heavy atom. The van der Waals surface area contributed by atoms with Crippen LogP contribution in [0.15, 0.2) is 52.3 Å². The van der Waals surface area contributed by atoms with Crippen LogP contribution in [0.3, 0.4) is 0 Å². The maximum atomic E-state index is 13.2. The molecule has 1 fully saturated rings. The van der Waals surface area contributed by atoms with Gasteiger partial charge in [0.05, 0.1) is 9.79 Å². The van der Waals surface area contributed by atoms with Gasteiger partial charge in [0.15, 0.2) is 0 Å². The predicted octanol–water partition coefficient (Wildman–Crippen LogP) is 3.29. The Morgan fingerprint density at radius 1 is 0.962 bits per heavy atom. The van der Waals surface area contributed by atoms with E-state index in [4.69, 9.17) is 0 Å². The molecule has 4 rings (SSSR count). The Bertz CT molecular complexity index is 927. The summed E-state index contributed by atoms with van der Waals surface area (Å²) in [4.78, 5) is 5.05. The quantitative estimate of drug-likeness (QED) is 0.757. The summed E-state index contributed by atoms with van der Waals surface area (Å²) in [7, 11) is 0.588. The molecule has 4 nitrogen and oxygen atoms in total. The number of likely N-dealkylation sites (N-methyl/N-ethyl adjacent to an activating group) is 1. The van der Waals surface area contributed by atoms with Crippen molar-refractivity contribution in [2.75, 3.05) is 32.1 Å². The molecule has 0 amide bonds. The normalized spacial score (nSPS) is 23.4. The van der Waals surface area contributed by atoms with Crippen molar-refractivity contribution in [3.05, 3.63) is 53.8 Å². The van der Waals surface area contributed by atoms with Crippen LogP contribution in [0.2, 0.25) is 0 Å². The molecule has 2 atom stereocenters. The Hall–Kier alpha value is -1.92. The highest BCUT2D eigenvalue weighted by Gasteiger charge is 2.38. The fraction of sp³-hybridized carbons (Fsp3) is 0.400. The van der Waals surface area contributed by atoms with E-state index in [1.807, 2.05) is 12.1 Å². The minimum atomic E-state index is -3.65. The Labute approximate surface area is 154 Å². The van der Waals surface area contributed by atoms with E-state index in [0.717, 1.165) is 37.2 Å². The first-order valence-electron chi connectivity index (χ1n) is 8.94. The molecule has 0 aliphatic carbocycles. The predicted molar refractivity (Wildman–Crippen MR) is 100.0 cm³/mol. The molecule has 1 unspecified atom stereocenters. The second-order valence-electron chi connectivity index (χ2n) is 7.34. The molecule has 0 spiro atoms. The van der Waals surface area contributed by atoms with Crippen molar-refractivity contribution in [3.63, 3.8) is 0 Å². The van der Waals surface area contributed by atoms with Crippen LogP contribution in [0.1, 0.15) is 24.3 Å². The Morgan fingerprint density at radius 2 is 1.62 bits per heavy atom. The lowest BCUT2D eigenvalue weighted by atomic mass is 9.91. The first-order valence-corrected chi connectivity index (χ1v) is 10.4. The molecule has 2 aliphatic heterocycles. The van der Waals surface area contributed by atoms with Gasteiger partial charge in [0.25, 0.3) is 0 Å². The monoisotopic (exact) mass is 374 g/mol. The van der Waals surface area contributed by atoms with Crippen LogP contribution in [-0.2, 0) is 9.84 Å². The maximum Gasteiger partial charge on any atom is 0.206 e. The number of sulfone groups is 1. The van der Waals surface area contributed by atoms with E-state index in [1.54, 1.807) is 6.07 Å². The minimum Gasteiger partial charge on any atom is -0.371 e. The van der Waals surface area contributed by atoms with Gasteiger partial charge in [-0.15, -0.1) is 0 Å². The maximum absolute atomic E-state index is 13.2. The standard InChI is InChI=1S/C20H23FN2O2S/c1-22-11-9-17-18-13-16(7-8-19(18)23(2)20(17)10-12-22)26(24,25)15-5-3-14(21)4-6-15/h3-8,13,17,20H,9-12H2,1-2H3/t17-,20?/m0/s1. The number of halogens is 1. The molecule has 2 aromatic carbocycles. The lowest BCUT2D eigenvalue weighted by molar-refractivity contribution is 0.345. The van der Waals surface area contributed by atoms with E-state index in [1.165, 1.54) is 24.3 Å². The zero-order valence-electron chi connectivity index (χ0n) is 15.0. The summed E-state index contributed by atoms with van der Waals surface area (Å²) >= 11 is 0. The lowest BCUT2D eigenvalue weighted by Crippen LogP contribution is -2.31. The average molecular weight is 374 g/mol. The second-order valence-corrected chi connectivity index (χ2v) is 9.29. The van der Waals surface area contributed by atoms with Crippen molar-refractivity contribution in [2.45, 2.75) is 34.6 Å². The molecular formula is C20H23FN2O2S. The van der Waals surface area contributed by atoms with Gasteiger partial charge in [0.2, 0.25) is 9.84 Å². The number of hydrogen-bond acceptors (Lipinski definition) is 4. The van der Waals surface area contributed by atoms with Gasteiger partial charge in [-0.2, -0.15) is 0 Å². The molecule has 0 aromatic heterocycles. The minimum absolute atomic E-state index is 0.127. The largest absolute Gasteiger partial charge is 0.371 e. The van der Waals surface area contributed by atoms with Gasteiger partial charge in [-0.1, -0.05) is 0 Å². The second kappa shape index (κ2) is 6.35. The van der Waals surface area contributed by atoms with Gasteiger partial charge in [-0.05, 0) is 81.0 Å². The van der Waals surface area contributed by atoms with E-state index >= 15 is 0 Å². The third kappa shape index (κ3) is 2.81. The summed E-state index contributed by atoms with van der Waals surface area (Å²) in [5.41, 5.74) is 2.25. The zero-order chi connectivity index (χ0) is 18.5. The Balaban J connectivity index is 1.75. The number of benzene rings is 2. The van der Waals surface area contributed by atoms with Gasteiger partial charge >= 0.3 is 0 Å². The average Bonchev–Trinajstić information content (AvgIpc) is 2.76. The van der Waals surface area contributed by atoms with Crippen molar-refractivity contribution < 1.29 is 12.8 Å². The van der Waals surface area contributed by atoms with Gasteiger partial charge in [0, 0.05) is 24.7 Å². The summed E-state index contributed by atoms with van der Waals surface area (Å²) in [6.45, 7) is 2.07. The summed E-state index contributed by atoms with van der Waals surface area (Å²) < 4.78 is 39.1. The highest BCUT2D eigenvalue weighted by atomic mass is 32.2. The van der Waals surface area contributed by atoms with Crippen LogP contribution >= 0.6 is 0 Å². The summed E-state index contributed by atoms with van der Waals surface area (Å²) in [6.07, 6.45) is 2.10. The summed E-state index contributed by atoms with van der Waals surface area (Å²) in [5, 5.41) is 0. The first-order chi connectivity index (χ1) is 12.4. The van der Waals surface area contributed by atoms with Gasteiger partial charge in [-0.25, -0.2) is 12.8 Å². The third-order valence-corrected chi connectivity index (χ3v) is 7.57. The number of likely N-dealkylation sites (tertiary alicyclic amines) is 1. The number of rotatable bonds is 2. The number of anilines is 1. The van der Waals surface area contributed by atoms with Crippen molar-refractivity contribution >= 4 is 15.5 Å². The molecule has 26 heavy (non-hydrogen) atoms. The van der Waals surface area contributed by atoms with E-state index < -0.39 is 15.7 Å². The lowest BCUT2D eigenvalue weighted by Gasteiger charge is -2.25. The van der Waals surface area contributed by atoms with Gasteiger partial charge in [-0.3, -0.25) is 0 Å². The SMILES string of the molecule is CN1CCC2[C@@H](CC1)c1cc(S(=O)(=O)c3ccc(F)cc3)ccc1N2C. The summed E-state index contributed by atoms with van der Waals surface area (Å²) in [5.74, 6) is -0.0896. The van der Waals surface area contributed by atoms with Crippen LogP contribution in [0.4, 0.5) is 10.1 Å². The number of hydrogen-bond donors (Lipinski definition) is 0. The summed E-state index contributed by atoms with van der Waals surface area (Å²) in [6, 6.07) is 10.9. The first kappa shape index (κ1) is 17.5. The molecule has 0 radical (unpaired) electrons. The molecule has 138 valence electrons. The molecular weight excluding hydrogens is 351 g/mol. The van der Waals surface area contributed by atoms with E-state index in [-0.39, 0.29) is 9.79 Å². The van der Waals surface area contributed by atoms with Crippen molar-refractivity contribution in [2.24, 2.45) is 0 Å². The molecule has 2 aliphatic rings. The fourth-order valence-electron chi connectivity index (χ4n) is 4.29. The molecule has 6 heteroatoms. The highest BCUT2D eigenvalue weighted by Crippen LogP contribution is 2.45. The third-order valence-electron chi connectivity index (χ3n) is 5.80. The van der Waals surface area contributed by atoms with Crippen LogP contribution in [0.5, 0.6) is 0 Å². The molecule has 0 bridgehead atoms. The van der Waals surface area contributed by atoms with Crippen LogP contribution in [-0.4, -0.2) is 46.5 Å². The Kier molecular flexibility index (Phi) is 4.28. The molecule has 1 saturated heterocycles. The van der Waals surface area contributed by atoms with Gasteiger partial charge in [0.1, 0.15) is 5.82 Å². The fourth-order valence-corrected chi connectivity index (χ4v) is 5.59. The highest BCUT2D eigenvalue weighted by molar-refractivity contribution is 7.91. The zero-order valence-corrected chi connectivity index (χ0v) is 15.8. The van der Waals surface area contributed by atoms with Crippen molar-refractivity contribution in [1.29, 1.82) is 0 Å². The molecule has 2 aromatic rings. The number of nitrogens with zero attached hydrogens (tertiary/aromatic N) is 2. The van der Waals surface area contributed by atoms with Crippen LogP contribution < -0.4 is 4.90 Å². The number of fused-ring (bicyclic) bond motifs is 3. The van der Waals surface area contributed by atoms with Crippen molar-refractivity contribution in [3.8, 4) is 0 Å². The smallest absolute Gasteiger partial charge is 0.206 e. The van der Waals surface area contributed by atoms with Crippen molar-refractivity contribution in [1.82, 2.24) is 4.90 Å².